The molecule has 0 aliphatic carbocycles. The van der Waals surface area contributed by atoms with E-state index >= 15 is 0 Å². The zero-order valence-corrected chi connectivity index (χ0v) is 19.9. The van der Waals surface area contributed by atoms with Crippen LogP contribution < -0.4 is 9.47 Å². The van der Waals surface area contributed by atoms with E-state index in [0.717, 1.165) is 26.4 Å². The van der Waals surface area contributed by atoms with Gasteiger partial charge in [-0.1, -0.05) is 59.8 Å². The molecule has 4 rings (SSSR count). The van der Waals surface area contributed by atoms with E-state index in [4.69, 9.17) is 14.3 Å². The highest BCUT2D eigenvalue weighted by Crippen LogP contribution is 2.34. The van der Waals surface area contributed by atoms with Crippen LogP contribution in [0.5, 0.6) is 11.5 Å². The first-order valence-electron chi connectivity index (χ1n) is 10.4. The van der Waals surface area contributed by atoms with Gasteiger partial charge >= 0.3 is 0 Å². The van der Waals surface area contributed by atoms with Gasteiger partial charge in [0.15, 0.2) is 11.5 Å². The maximum absolute atomic E-state index is 10.9. The number of rotatable bonds is 9. The Balaban J connectivity index is 1.44. The number of nitrogens with zero attached hydrogens (tertiary/aromatic N) is 2. The molecule has 4 aromatic carbocycles. The van der Waals surface area contributed by atoms with Gasteiger partial charge in [0.1, 0.15) is 13.2 Å². The van der Waals surface area contributed by atoms with E-state index in [1.54, 1.807) is 31.5 Å². The largest absolute Gasteiger partial charge is 0.493 e. The number of hydrogen-bond acceptors (Lipinski definition) is 6. The molecule has 0 unspecified atom stereocenters. The number of halogens is 1. The fraction of sp³-hybridized carbons (Fsp3) is 0.115. The summed E-state index contributed by atoms with van der Waals surface area (Å²) in [6.45, 7) is 0.503. The zero-order chi connectivity index (χ0) is 23.9. The van der Waals surface area contributed by atoms with Gasteiger partial charge in [0, 0.05) is 22.2 Å². The van der Waals surface area contributed by atoms with E-state index in [0.29, 0.717) is 23.7 Å². The summed E-state index contributed by atoms with van der Waals surface area (Å²) in [6, 6.07) is 24.2. The van der Waals surface area contributed by atoms with E-state index < -0.39 is 4.92 Å². The second-order valence-electron chi connectivity index (χ2n) is 7.39. The molecule has 0 N–H and O–H groups in total. The average Bonchev–Trinajstić information content (AvgIpc) is 2.86. The Morgan fingerprint density at radius 1 is 0.971 bits per heavy atom. The Labute approximate surface area is 204 Å². The van der Waals surface area contributed by atoms with Crippen LogP contribution in [0.25, 0.3) is 10.8 Å². The van der Waals surface area contributed by atoms with Crippen molar-refractivity contribution in [2.45, 2.75) is 13.2 Å². The summed E-state index contributed by atoms with van der Waals surface area (Å²) >= 11 is 3.54. The van der Waals surface area contributed by atoms with Crippen molar-refractivity contribution in [2.24, 2.45) is 5.16 Å². The lowest BCUT2D eigenvalue weighted by Gasteiger charge is -2.14. The number of hydrogen-bond donors (Lipinski definition) is 0. The molecule has 172 valence electrons. The molecule has 0 amide bonds. The zero-order valence-electron chi connectivity index (χ0n) is 18.3. The molecule has 0 aliphatic heterocycles. The molecule has 0 saturated carbocycles. The molecular weight excluding hydrogens is 500 g/mol. The van der Waals surface area contributed by atoms with Crippen molar-refractivity contribution in [3.05, 3.63) is 110 Å². The van der Waals surface area contributed by atoms with Crippen molar-refractivity contribution < 1.29 is 19.2 Å². The lowest BCUT2D eigenvalue weighted by molar-refractivity contribution is -0.384. The number of nitro groups is 1. The molecule has 0 bridgehead atoms. The standard InChI is InChI=1S/C26H21BrN2O5/c1-32-25-13-21(15-28-34-16-18-6-4-10-22(12-18)29(30)31)24(27)14-26(25)33-17-20-9-5-8-19-7-2-3-11-23(19)20/h2-15H,16-17H2,1H3/b28-15-. The fourth-order valence-electron chi connectivity index (χ4n) is 3.46. The van der Waals surface area contributed by atoms with Crippen molar-refractivity contribution >= 4 is 38.6 Å². The predicted octanol–water partition coefficient (Wildman–Crippen LogP) is 6.65. The Hall–Kier alpha value is -3.91. The lowest BCUT2D eigenvalue weighted by atomic mass is 10.1. The first-order chi connectivity index (χ1) is 16.5. The summed E-state index contributed by atoms with van der Waals surface area (Å²) in [7, 11) is 1.58. The van der Waals surface area contributed by atoms with E-state index in [1.165, 1.54) is 12.1 Å². The number of non-ortho nitro benzene ring substituents is 1. The number of fused-ring (bicyclic) bond motifs is 1. The SMILES string of the molecule is COc1cc(/C=N\OCc2cccc([N+](=O)[O-])c2)c(Br)cc1OCc1cccc2ccccc12. The molecule has 7 nitrogen and oxygen atoms in total. The maximum Gasteiger partial charge on any atom is 0.269 e. The summed E-state index contributed by atoms with van der Waals surface area (Å²) in [6.07, 6.45) is 1.54. The first kappa shape index (κ1) is 23.3. The van der Waals surface area contributed by atoms with Crippen molar-refractivity contribution in [3.8, 4) is 11.5 Å². The van der Waals surface area contributed by atoms with Crippen LogP contribution in [0.2, 0.25) is 0 Å². The van der Waals surface area contributed by atoms with Gasteiger partial charge in [-0.05, 0) is 50.0 Å². The average molecular weight is 521 g/mol. The van der Waals surface area contributed by atoms with E-state index in [9.17, 15) is 10.1 Å². The van der Waals surface area contributed by atoms with Gasteiger partial charge in [0.05, 0.1) is 18.2 Å². The van der Waals surface area contributed by atoms with Gasteiger partial charge in [-0.15, -0.1) is 0 Å². The van der Waals surface area contributed by atoms with Gasteiger partial charge < -0.3 is 14.3 Å². The quantitative estimate of drug-likeness (QED) is 0.140. The number of nitro benzene ring substituents is 1. The summed E-state index contributed by atoms with van der Waals surface area (Å²) in [5.74, 6) is 1.15. The Morgan fingerprint density at radius 2 is 1.76 bits per heavy atom. The summed E-state index contributed by atoms with van der Waals surface area (Å²) < 4.78 is 12.4. The highest BCUT2D eigenvalue weighted by Gasteiger charge is 2.11. The highest BCUT2D eigenvalue weighted by atomic mass is 79.9. The first-order valence-corrected chi connectivity index (χ1v) is 11.2. The molecule has 8 heteroatoms. The molecule has 4 aromatic rings. The van der Waals surface area contributed by atoms with Crippen LogP contribution in [-0.4, -0.2) is 18.2 Å². The molecule has 0 saturated heterocycles. The van der Waals surface area contributed by atoms with E-state index in [1.807, 2.05) is 30.3 Å². The second kappa shape index (κ2) is 10.8. The maximum atomic E-state index is 10.9. The Bertz CT molecular complexity index is 1350. The summed E-state index contributed by atoms with van der Waals surface area (Å²) in [4.78, 5) is 15.8. The lowest BCUT2D eigenvalue weighted by Crippen LogP contribution is -2.00. The van der Waals surface area contributed by atoms with Crippen LogP contribution in [0.4, 0.5) is 5.69 Å². The molecule has 34 heavy (non-hydrogen) atoms. The Kier molecular flexibility index (Phi) is 7.39. The van der Waals surface area contributed by atoms with Gasteiger partial charge in [0.25, 0.3) is 5.69 Å². The molecule has 0 radical (unpaired) electrons. The minimum absolute atomic E-state index is 0.0108. The normalized spacial score (nSPS) is 11.0. The minimum Gasteiger partial charge on any atom is -0.493 e. The predicted molar refractivity (Wildman–Crippen MR) is 134 cm³/mol. The molecule has 0 atom stereocenters. The second-order valence-corrected chi connectivity index (χ2v) is 8.24. The van der Waals surface area contributed by atoms with Crippen LogP contribution in [-0.2, 0) is 18.1 Å². The summed E-state index contributed by atoms with van der Waals surface area (Å²) in [5, 5.41) is 17.2. The molecule has 0 aromatic heterocycles. The summed E-state index contributed by atoms with van der Waals surface area (Å²) in [5.41, 5.74) is 2.47. The third kappa shape index (κ3) is 5.52. The smallest absolute Gasteiger partial charge is 0.269 e. The molecule has 0 spiro atoms. The van der Waals surface area contributed by atoms with Gasteiger partial charge in [0.2, 0.25) is 0 Å². The fourth-order valence-corrected chi connectivity index (χ4v) is 3.89. The van der Waals surface area contributed by atoms with Crippen molar-refractivity contribution in [3.63, 3.8) is 0 Å². The van der Waals surface area contributed by atoms with Crippen molar-refractivity contribution in [1.82, 2.24) is 0 Å². The van der Waals surface area contributed by atoms with Gasteiger partial charge in [-0.3, -0.25) is 10.1 Å². The van der Waals surface area contributed by atoms with E-state index in [-0.39, 0.29) is 12.3 Å². The van der Waals surface area contributed by atoms with Gasteiger partial charge in [-0.2, -0.15) is 0 Å². The minimum atomic E-state index is -0.444. The molecule has 0 aliphatic rings. The topological polar surface area (TPSA) is 83.2 Å². The molecule has 0 heterocycles. The number of ether oxygens (including phenoxy) is 2. The highest BCUT2D eigenvalue weighted by molar-refractivity contribution is 9.10. The third-order valence-electron chi connectivity index (χ3n) is 5.16. The number of methoxy groups -OCH3 is 1. The van der Waals surface area contributed by atoms with Crippen molar-refractivity contribution in [1.29, 1.82) is 0 Å². The van der Waals surface area contributed by atoms with Crippen LogP contribution in [0.15, 0.2) is 88.5 Å². The van der Waals surface area contributed by atoms with Gasteiger partial charge in [-0.25, -0.2) is 0 Å². The van der Waals surface area contributed by atoms with Crippen LogP contribution in [0, 0.1) is 10.1 Å². The van der Waals surface area contributed by atoms with Crippen LogP contribution >= 0.6 is 15.9 Å². The Morgan fingerprint density at radius 3 is 2.59 bits per heavy atom. The molecular formula is C26H21BrN2O5. The monoisotopic (exact) mass is 520 g/mol. The number of benzene rings is 4. The van der Waals surface area contributed by atoms with Crippen molar-refractivity contribution in [2.75, 3.05) is 7.11 Å². The number of oxime groups is 1. The van der Waals surface area contributed by atoms with Crippen LogP contribution in [0.1, 0.15) is 16.7 Å². The van der Waals surface area contributed by atoms with E-state index in [2.05, 4.69) is 39.3 Å². The van der Waals surface area contributed by atoms with Crippen LogP contribution in [0.3, 0.4) is 0 Å². The molecule has 0 fully saturated rings. The third-order valence-corrected chi connectivity index (χ3v) is 5.85.